The number of esters is 1. The van der Waals surface area contributed by atoms with E-state index in [0.29, 0.717) is 11.4 Å². The van der Waals surface area contributed by atoms with Gasteiger partial charge >= 0.3 is 5.97 Å². The molecule has 0 spiro atoms. The number of nitrogens with zero attached hydrogens (tertiary/aromatic N) is 2. The molecule has 2 heterocycles. The second-order valence-corrected chi connectivity index (χ2v) is 2.95. The lowest BCUT2D eigenvalue weighted by atomic mass is 10.3. The van der Waals surface area contributed by atoms with E-state index in [1.165, 1.54) is 19.5 Å². The predicted molar refractivity (Wildman–Crippen MR) is 53.8 cm³/mol. The Bertz CT molecular complexity index is 558. The molecule has 2 rings (SSSR count). The number of ether oxygens (including phenoxy) is 1. The van der Waals surface area contributed by atoms with E-state index in [4.69, 9.17) is 0 Å². The van der Waals surface area contributed by atoms with E-state index in [1.807, 2.05) is 0 Å². The Labute approximate surface area is 89.5 Å². The number of carbonyl (C=O) groups is 1. The van der Waals surface area contributed by atoms with E-state index >= 15 is 0 Å². The number of rotatable bonds is 2. The molecule has 2 aromatic rings. The maximum Gasteiger partial charge on any atom is 0.345 e. The van der Waals surface area contributed by atoms with E-state index in [9.17, 15) is 9.59 Å². The van der Waals surface area contributed by atoms with Crippen LogP contribution in [-0.4, -0.2) is 33.2 Å². The molecule has 2 aromatic heterocycles. The molecular weight excluding hydrogens is 212 g/mol. The van der Waals surface area contributed by atoms with Crippen LogP contribution in [0.1, 0.15) is 10.4 Å². The van der Waals surface area contributed by atoms with Crippen LogP contribution in [0.4, 0.5) is 0 Å². The Hall–Kier alpha value is -2.44. The zero-order valence-corrected chi connectivity index (χ0v) is 8.35. The summed E-state index contributed by atoms with van der Waals surface area (Å²) in [7, 11) is 1.20. The van der Waals surface area contributed by atoms with Crippen LogP contribution < -0.4 is 5.56 Å². The van der Waals surface area contributed by atoms with Gasteiger partial charge in [0, 0.05) is 12.4 Å². The first kappa shape index (κ1) is 10.1. The lowest BCUT2D eigenvalue weighted by molar-refractivity contribution is 0.0598. The van der Waals surface area contributed by atoms with Crippen LogP contribution in [0.2, 0.25) is 0 Å². The molecule has 2 N–H and O–H groups in total. The lowest BCUT2D eigenvalue weighted by Gasteiger charge is -1.99. The zero-order valence-electron chi connectivity index (χ0n) is 8.35. The minimum absolute atomic E-state index is 0.130. The number of carbonyl (C=O) groups excluding carboxylic acids is 1. The Morgan fingerprint density at radius 1 is 1.44 bits per heavy atom. The third kappa shape index (κ3) is 1.70. The molecular formula is C9H8N4O3. The van der Waals surface area contributed by atoms with Gasteiger partial charge in [-0.3, -0.25) is 9.89 Å². The van der Waals surface area contributed by atoms with Crippen LogP contribution in [-0.2, 0) is 4.74 Å². The van der Waals surface area contributed by atoms with Gasteiger partial charge in [-0.15, -0.1) is 0 Å². The van der Waals surface area contributed by atoms with Crippen molar-refractivity contribution in [3.05, 3.63) is 34.5 Å². The Kier molecular flexibility index (Phi) is 2.50. The minimum atomic E-state index is -0.715. The molecule has 0 bridgehead atoms. The van der Waals surface area contributed by atoms with Gasteiger partial charge in [0.05, 0.1) is 18.9 Å². The summed E-state index contributed by atoms with van der Waals surface area (Å²) in [5.74, 6) is -0.376. The van der Waals surface area contributed by atoms with Gasteiger partial charge in [-0.1, -0.05) is 0 Å². The zero-order chi connectivity index (χ0) is 11.5. The summed E-state index contributed by atoms with van der Waals surface area (Å²) in [5, 5.41) is 6.32. The molecule has 82 valence electrons. The van der Waals surface area contributed by atoms with E-state index in [1.54, 1.807) is 6.20 Å². The molecule has 0 aliphatic heterocycles. The maximum absolute atomic E-state index is 11.5. The van der Waals surface area contributed by atoms with Gasteiger partial charge in [0.25, 0.3) is 5.56 Å². The smallest absolute Gasteiger partial charge is 0.345 e. The fourth-order valence-corrected chi connectivity index (χ4v) is 1.18. The first-order chi connectivity index (χ1) is 7.72. The average molecular weight is 220 g/mol. The number of H-pyrrole nitrogens is 2. The van der Waals surface area contributed by atoms with E-state index in [-0.39, 0.29) is 5.56 Å². The van der Waals surface area contributed by atoms with Crippen molar-refractivity contribution in [2.24, 2.45) is 0 Å². The first-order valence-corrected chi connectivity index (χ1v) is 4.39. The summed E-state index contributed by atoms with van der Waals surface area (Å²) in [6.07, 6.45) is 4.26. The molecule has 0 fully saturated rings. The summed E-state index contributed by atoms with van der Waals surface area (Å²) in [6.45, 7) is 0. The van der Waals surface area contributed by atoms with Gasteiger partial charge in [-0.25, -0.2) is 9.78 Å². The normalized spacial score (nSPS) is 10.1. The van der Waals surface area contributed by atoms with Gasteiger partial charge in [-0.2, -0.15) is 5.10 Å². The predicted octanol–water partition coefficient (Wildman–Crippen LogP) is -0.0534. The molecule has 0 atom stereocenters. The fraction of sp³-hybridized carbons (Fsp3) is 0.111. The van der Waals surface area contributed by atoms with Crippen LogP contribution in [0.5, 0.6) is 0 Å². The minimum Gasteiger partial charge on any atom is -0.465 e. The number of nitrogens with one attached hydrogen (secondary N) is 2. The second kappa shape index (κ2) is 3.97. The van der Waals surface area contributed by atoms with E-state index in [2.05, 4.69) is 24.9 Å². The summed E-state index contributed by atoms with van der Waals surface area (Å²) in [4.78, 5) is 29.0. The highest BCUT2D eigenvalue weighted by Crippen LogP contribution is 2.09. The Morgan fingerprint density at radius 3 is 2.81 bits per heavy atom. The van der Waals surface area contributed by atoms with Crippen LogP contribution in [0.15, 0.2) is 23.4 Å². The number of hydrogen-bond donors (Lipinski definition) is 2. The third-order valence-electron chi connectivity index (χ3n) is 1.98. The molecule has 7 heteroatoms. The number of aromatic nitrogens is 4. The molecule has 0 aliphatic rings. The van der Waals surface area contributed by atoms with Crippen molar-refractivity contribution in [1.29, 1.82) is 0 Å². The van der Waals surface area contributed by atoms with Crippen molar-refractivity contribution in [2.45, 2.75) is 0 Å². The molecule has 0 aromatic carbocycles. The molecule has 0 saturated carbocycles. The van der Waals surface area contributed by atoms with E-state index < -0.39 is 11.5 Å². The highest BCUT2D eigenvalue weighted by atomic mass is 16.5. The van der Waals surface area contributed by atoms with Gasteiger partial charge < -0.3 is 9.72 Å². The van der Waals surface area contributed by atoms with Crippen molar-refractivity contribution >= 4 is 5.97 Å². The lowest BCUT2D eigenvalue weighted by Crippen LogP contribution is -2.20. The molecule has 0 radical (unpaired) electrons. The highest BCUT2D eigenvalue weighted by molar-refractivity contribution is 5.88. The topological polar surface area (TPSA) is 101 Å². The maximum atomic E-state index is 11.5. The number of methoxy groups -OCH3 is 1. The molecule has 0 saturated heterocycles. The van der Waals surface area contributed by atoms with Crippen LogP contribution in [0.3, 0.4) is 0 Å². The van der Waals surface area contributed by atoms with Crippen LogP contribution in [0, 0.1) is 0 Å². The van der Waals surface area contributed by atoms with Crippen molar-refractivity contribution in [2.75, 3.05) is 7.11 Å². The molecule has 7 nitrogen and oxygen atoms in total. The fourth-order valence-electron chi connectivity index (χ4n) is 1.18. The van der Waals surface area contributed by atoms with Crippen LogP contribution >= 0.6 is 0 Å². The summed E-state index contributed by atoms with van der Waals surface area (Å²) < 4.78 is 4.43. The van der Waals surface area contributed by atoms with E-state index in [0.717, 1.165) is 0 Å². The van der Waals surface area contributed by atoms with Crippen molar-refractivity contribution in [3.63, 3.8) is 0 Å². The first-order valence-electron chi connectivity index (χ1n) is 4.39. The largest absolute Gasteiger partial charge is 0.465 e. The number of aromatic amines is 2. The quantitative estimate of drug-likeness (QED) is 0.691. The van der Waals surface area contributed by atoms with Crippen molar-refractivity contribution in [3.8, 4) is 11.4 Å². The standard InChI is InChI=1S/C9H8N4O3/c1-16-9(15)6-4-10-7(13-8(6)14)5-2-11-12-3-5/h2-4H,1H3,(H,11,12)(H,10,13,14). The van der Waals surface area contributed by atoms with Crippen molar-refractivity contribution in [1.82, 2.24) is 20.2 Å². The summed E-state index contributed by atoms with van der Waals surface area (Å²) in [5.41, 5.74) is -0.0405. The second-order valence-electron chi connectivity index (χ2n) is 2.95. The highest BCUT2D eigenvalue weighted by Gasteiger charge is 2.12. The van der Waals surface area contributed by atoms with Crippen LogP contribution in [0.25, 0.3) is 11.4 Å². The summed E-state index contributed by atoms with van der Waals surface area (Å²) in [6, 6.07) is 0. The molecule has 16 heavy (non-hydrogen) atoms. The molecule has 0 unspecified atom stereocenters. The van der Waals surface area contributed by atoms with Gasteiger partial charge in [-0.05, 0) is 0 Å². The SMILES string of the molecule is COC(=O)c1cnc(-c2cn[nH]c2)[nH]c1=O. The van der Waals surface area contributed by atoms with Gasteiger partial charge in [0.1, 0.15) is 11.4 Å². The Morgan fingerprint density at radius 2 is 2.25 bits per heavy atom. The Balaban J connectivity index is 2.45. The van der Waals surface area contributed by atoms with Gasteiger partial charge in [0.15, 0.2) is 0 Å². The summed E-state index contributed by atoms with van der Waals surface area (Å²) >= 11 is 0. The number of hydrogen-bond acceptors (Lipinski definition) is 5. The monoisotopic (exact) mass is 220 g/mol. The third-order valence-corrected chi connectivity index (χ3v) is 1.98. The van der Waals surface area contributed by atoms with Gasteiger partial charge in [0.2, 0.25) is 0 Å². The van der Waals surface area contributed by atoms with Crippen molar-refractivity contribution < 1.29 is 9.53 Å². The average Bonchev–Trinajstić information content (AvgIpc) is 2.81. The molecule has 0 aliphatic carbocycles. The molecule has 0 amide bonds.